The Bertz CT molecular complexity index is 444. The number of carboxylic acids is 1. The van der Waals surface area contributed by atoms with Crippen molar-refractivity contribution < 1.29 is 9.90 Å². The van der Waals surface area contributed by atoms with Crippen molar-refractivity contribution >= 4 is 21.9 Å². The molecule has 0 aliphatic heterocycles. The van der Waals surface area contributed by atoms with Crippen molar-refractivity contribution in [3.63, 3.8) is 0 Å². The molecule has 2 unspecified atom stereocenters. The standard InChI is InChI=1S/C15H19BrO2/c1-2-11-6-7-15(9-11,14(17)18)10-12-4-3-5-13(16)8-12/h3-5,8,11H,2,6-7,9-10H2,1H3,(H,17,18). The fourth-order valence-electron chi connectivity index (χ4n) is 3.05. The second kappa shape index (κ2) is 5.43. The lowest BCUT2D eigenvalue weighted by atomic mass is 9.79. The summed E-state index contributed by atoms with van der Waals surface area (Å²) < 4.78 is 1.02. The van der Waals surface area contributed by atoms with Crippen LogP contribution >= 0.6 is 15.9 Å². The summed E-state index contributed by atoms with van der Waals surface area (Å²) in [5, 5.41) is 9.60. The summed E-state index contributed by atoms with van der Waals surface area (Å²) in [6.07, 6.45) is 4.43. The quantitative estimate of drug-likeness (QED) is 0.901. The first kappa shape index (κ1) is 13.6. The van der Waals surface area contributed by atoms with Crippen LogP contribution in [0.5, 0.6) is 0 Å². The van der Waals surface area contributed by atoms with Crippen LogP contribution in [-0.4, -0.2) is 11.1 Å². The Morgan fingerprint density at radius 1 is 1.56 bits per heavy atom. The van der Waals surface area contributed by atoms with Gasteiger partial charge in [0.15, 0.2) is 0 Å². The van der Waals surface area contributed by atoms with Crippen LogP contribution in [0.1, 0.15) is 38.2 Å². The molecule has 1 N–H and O–H groups in total. The predicted molar refractivity (Wildman–Crippen MR) is 75.5 cm³/mol. The summed E-state index contributed by atoms with van der Waals surface area (Å²) >= 11 is 3.44. The number of hydrogen-bond acceptors (Lipinski definition) is 1. The third-order valence-electron chi connectivity index (χ3n) is 4.17. The average molecular weight is 311 g/mol. The van der Waals surface area contributed by atoms with Gasteiger partial charge in [-0.15, -0.1) is 0 Å². The molecule has 0 saturated heterocycles. The lowest BCUT2D eigenvalue weighted by Gasteiger charge is -2.24. The van der Waals surface area contributed by atoms with E-state index >= 15 is 0 Å². The van der Waals surface area contributed by atoms with Gasteiger partial charge < -0.3 is 5.11 Å². The van der Waals surface area contributed by atoms with E-state index in [0.717, 1.165) is 35.7 Å². The van der Waals surface area contributed by atoms with Gasteiger partial charge in [-0.2, -0.15) is 0 Å². The van der Waals surface area contributed by atoms with E-state index in [1.54, 1.807) is 0 Å². The van der Waals surface area contributed by atoms with Gasteiger partial charge >= 0.3 is 5.97 Å². The van der Waals surface area contributed by atoms with Crippen LogP contribution in [0, 0.1) is 11.3 Å². The van der Waals surface area contributed by atoms with Crippen LogP contribution in [-0.2, 0) is 11.2 Å². The molecular weight excluding hydrogens is 292 g/mol. The lowest BCUT2D eigenvalue weighted by Crippen LogP contribution is -2.30. The molecule has 0 amide bonds. The van der Waals surface area contributed by atoms with Crippen LogP contribution in [0.15, 0.2) is 28.7 Å². The number of hydrogen-bond donors (Lipinski definition) is 1. The van der Waals surface area contributed by atoms with E-state index in [9.17, 15) is 9.90 Å². The van der Waals surface area contributed by atoms with Gasteiger partial charge in [0.25, 0.3) is 0 Å². The molecule has 2 atom stereocenters. The molecule has 3 heteroatoms. The van der Waals surface area contributed by atoms with E-state index in [1.807, 2.05) is 24.3 Å². The Kier molecular flexibility index (Phi) is 4.10. The average Bonchev–Trinajstić information content (AvgIpc) is 2.74. The highest BCUT2D eigenvalue weighted by Gasteiger charge is 2.44. The first-order valence-electron chi connectivity index (χ1n) is 6.53. The second-order valence-corrected chi connectivity index (χ2v) is 6.32. The van der Waals surface area contributed by atoms with E-state index < -0.39 is 11.4 Å². The van der Waals surface area contributed by atoms with Crippen molar-refractivity contribution in [1.82, 2.24) is 0 Å². The molecular formula is C15H19BrO2. The van der Waals surface area contributed by atoms with Crippen molar-refractivity contribution in [2.24, 2.45) is 11.3 Å². The van der Waals surface area contributed by atoms with Gasteiger partial charge in [0.05, 0.1) is 5.41 Å². The first-order valence-corrected chi connectivity index (χ1v) is 7.33. The maximum absolute atomic E-state index is 11.7. The Hall–Kier alpha value is -0.830. The van der Waals surface area contributed by atoms with Gasteiger partial charge in [0.2, 0.25) is 0 Å². The molecule has 18 heavy (non-hydrogen) atoms. The molecule has 2 nitrogen and oxygen atoms in total. The minimum Gasteiger partial charge on any atom is -0.481 e. The minimum atomic E-state index is -0.626. The van der Waals surface area contributed by atoms with Gasteiger partial charge in [-0.05, 0) is 49.3 Å². The molecule has 1 saturated carbocycles. The molecule has 1 aliphatic carbocycles. The van der Waals surface area contributed by atoms with Crippen LogP contribution < -0.4 is 0 Å². The summed E-state index contributed by atoms with van der Waals surface area (Å²) in [7, 11) is 0. The summed E-state index contributed by atoms with van der Waals surface area (Å²) in [5.41, 5.74) is 0.574. The van der Waals surface area contributed by atoms with Crippen molar-refractivity contribution in [3.05, 3.63) is 34.3 Å². The van der Waals surface area contributed by atoms with E-state index in [1.165, 1.54) is 0 Å². The molecule has 0 spiro atoms. The zero-order valence-electron chi connectivity index (χ0n) is 10.7. The van der Waals surface area contributed by atoms with Crippen molar-refractivity contribution in [2.45, 2.75) is 39.0 Å². The molecule has 1 aromatic rings. The fraction of sp³-hybridized carbons (Fsp3) is 0.533. The Labute approximate surface area is 117 Å². The molecule has 0 aromatic heterocycles. The Morgan fingerprint density at radius 2 is 2.33 bits per heavy atom. The zero-order valence-corrected chi connectivity index (χ0v) is 12.2. The van der Waals surface area contributed by atoms with Gasteiger partial charge in [0, 0.05) is 4.47 Å². The highest BCUT2D eigenvalue weighted by molar-refractivity contribution is 9.10. The smallest absolute Gasteiger partial charge is 0.309 e. The summed E-state index contributed by atoms with van der Waals surface area (Å²) in [6.45, 7) is 2.15. The van der Waals surface area contributed by atoms with E-state index in [4.69, 9.17) is 0 Å². The number of carboxylic acid groups (broad SMARTS) is 1. The number of benzene rings is 1. The SMILES string of the molecule is CCC1CCC(Cc2cccc(Br)c2)(C(=O)O)C1. The van der Waals surface area contributed by atoms with Gasteiger partial charge in [-0.3, -0.25) is 4.79 Å². The van der Waals surface area contributed by atoms with E-state index in [2.05, 4.69) is 22.9 Å². The maximum atomic E-state index is 11.7. The van der Waals surface area contributed by atoms with Gasteiger partial charge in [0.1, 0.15) is 0 Å². The topological polar surface area (TPSA) is 37.3 Å². The molecule has 1 aromatic carbocycles. The van der Waals surface area contributed by atoms with Crippen LogP contribution in [0.3, 0.4) is 0 Å². The number of halogens is 1. The molecule has 98 valence electrons. The van der Waals surface area contributed by atoms with Crippen LogP contribution in [0.2, 0.25) is 0 Å². The molecule has 1 fully saturated rings. The first-order chi connectivity index (χ1) is 8.55. The van der Waals surface area contributed by atoms with Gasteiger partial charge in [-0.25, -0.2) is 0 Å². The molecule has 0 radical (unpaired) electrons. The van der Waals surface area contributed by atoms with Crippen molar-refractivity contribution in [1.29, 1.82) is 0 Å². The molecule has 2 rings (SSSR count). The number of aliphatic carboxylic acids is 1. The Morgan fingerprint density at radius 3 is 2.89 bits per heavy atom. The highest BCUT2D eigenvalue weighted by Crippen LogP contribution is 2.45. The normalized spacial score (nSPS) is 27.3. The third-order valence-corrected chi connectivity index (χ3v) is 4.67. The summed E-state index contributed by atoms with van der Waals surface area (Å²) in [4.78, 5) is 11.7. The minimum absolute atomic E-state index is 0.540. The van der Waals surface area contributed by atoms with Crippen molar-refractivity contribution in [2.75, 3.05) is 0 Å². The molecule has 0 bridgehead atoms. The lowest BCUT2D eigenvalue weighted by molar-refractivity contribution is -0.148. The number of carbonyl (C=O) groups is 1. The van der Waals surface area contributed by atoms with E-state index in [-0.39, 0.29) is 0 Å². The van der Waals surface area contributed by atoms with Crippen LogP contribution in [0.25, 0.3) is 0 Å². The summed E-state index contributed by atoms with van der Waals surface area (Å²) in [5.74, 6) is -0.0494. The second-order valence-electron chi connectivity index (χ2n) is 5.41. The molecule has 1 aliphatic rings. The van der Waals surface area contributed by atoms with E-state index in [0.29, 0.717) is 12.3 Å². The monoisotopic (exact) mass is 310 g/mol. The van der Waals surface area contributed by atoms with Gasteiger partial charge in [-0.1, -0.05) is 41.4 Å². The summed E-state index contributed by atoms with van der Waals surface area (Å²) in [6, 6.07) is 8.00. The fourth-order valence-corrected chi connectivity index (χ4v) is 3.50. The highest BCUT2D eigenvalue weighted by atomic mass is 79.9. The van der Waals surface area contributed by atoms with Crippen molar-refractivity contribution in [3.8, 4) is 0 Å². The third kappa shape index (κ3) is 2.77. The predicted octanol–water partition coefficient (Wildman–Crippen LogP) is 4.27. The Balaban J connectivity index is 2.20. The number of rotatable bonds is 4. The van der Waals surface area contributed by atoms with Crippen LogP contribution in [0.4, 0.5) is 0 Å². The largest absolute Gasteiger partial charge is 0.481 e. The molecule has 0 heterocycles. The zero-order chi connectivity index (χ0) is 13.2. The maximum Gasteiger partial charge on any atom is 0.309 e.